The summed E-state index contributed by atoms with van der Waals surface area (Å²) in [6.07, 6.45) is 2.03. The molecule has 0 spiro atoms. The van der Waals surface area contributed by atoms with Crippen molar-refractivity contribution >= 4 is 15.7 Å². The molecule has 0 amide bonds. The van der Waals surface area contributed by atoms with Crippen molar-refractivity contribution in [2.75, 3.05) is 25.6 Å². The molecule has 1 fully saturated rings. The molecule has 2 aromatic heterocycles. The molecule has 2 unspecified atom stereocenters. The Hall–Kier alpha value is -3.67. The predicted molar refractivity (Wildman–Crippen MR) is 141 cm³/mol. The number of nitrogens with one attached hydrogen (secondary N) is 1. The Labute approximate surface area is 220 Å². The van der Waals surface area contributed by atoms with Crippen LogP contribution in [0.25, 0.3) is 34.0 Å². The second kappa shape index (κ2) is 11.0. The smallest absolute Gasteiger partial charge is 0.189 e. The molecule has 4 aromatic rings. The second-order valence-electron chi connectivity index (χ2n) is 9.25. The maximum absolute atomic E-state index is 12.8. The van der Waals surface area contributed by atoms with Gasteiger partial charge in [0, 0.05) is 36.4 Å². The van der Waals surface area contributed by atoms with Crippen molar-refractivity contribution in [3.8, 4) is 34.0 Å². The topological polar surface area (TPSA) is 133 Å². The number of benzene rings is 2. The van der Waals surface area contributed by atoms with Gasteiger partial charge in [-0.3, -0.25) is 0 Å². The maximum Gasteiger partial charge on any atom is 0.189 e. The standard InChI is InChI=1S/C27H28FN5O4S/c1-17(13-28)30-14-18-2-4-19(5-3-18)23-12-25(37-33-23)26-27(29)31-15-24(32-26)20-6-8-21(9-7-20)38(34,35)22-10-11-36-16-22/h2-9,12,15,17,22,30H,10-11,13-14,16H2,1H3,(H2,29,31). The SMILES string of the molecule is CC(CF)NCc1ccc(-c2cc(-c3nc(-c4ccc(S(=O)(=O)C5CCOC5)cc4)cnc3N)on2)cc1. The van der Waals surface area contributed by atoms with E-state index in [9.17, 15) is 12.8 Å². The molecule has 38 heavy (non-hydrogen) atoms. The van der Waals surface area contributed by atoms with Gasteiger partial charge < -0.3 is 20.3 Å². The highest BCUT2D eigenvalue weighted by Gasteiger charge is 2.31. The summed E-state index contributed by atoms with van der Waals surface area (Å²) < 4.78 is 49.1. The number of hydrogen-bond donors (Lipinski definition) is 2. The van der Waals surface area contributed by atoms with Gasteiger partial charge >= 0.3 is 0 Å². The molecule has 0 aliphatic carbocycles. The quantitative estimate of drug-likeness (QED) is 0.324. The number of halogens is 1. The number of nitrogens with two attached hydrogens (primary N) is 1. The van der Waals surface area contributed by atoms with E-state index in [1.165, 1.54) is 6.20 Å². The first-order chi connectivity index (χ1) is 18.3. The molecule has 0 radical (unpaired) electrons. The average Bonchev–Trinajstić information content (AvgIpc) is 3.66. The van der Waals surface area contributed by atoms with E-state index >= 15 is 0 Å². The third-order valence-corrected chi connectivity index (χ3v) is 8.66. The Balaban J connectivity index is 1.35. The molecule has 2 atom stereocenters. The summed E-state index contributed by atoms with van der Waals surface area (Å²) >= 11 is 0. The highest BCUT2D eigenvalue weighted by Crippen LogP contribution is 2.30. The van der Waals surface area contributed by atoms with Gasteiger partial charge in [-0.25, -0.2) is 22.8 Å². The molecule has 1 aliphatic heterocycles. The zero-order valence-electron chi connectivity index (χ0n) is 20.8. The monoisotopic (exact) mass is 537 g/mol. The van der Waals surface area contributed by atoms with Crippen molar-refractivity contribution in [1.29, 1.82) is 0 Å². The van der Waals surface area contributed by atoms with Crippen LogP contribution in [-0.4, -0.2) is 54.7 Å². The minimum absolute atomic E-state index is 0.181. The Kier molecular flexibility index (Phi) is 7.50. The number of ether oxygens (including phenoxy) is 1. The molecule has 3 N–H and O–H groups in total. The molecule has 1 aliphatic rings. The van der Waals surface area contributed by atoms with Gasteiger partial charge in [-0.2, -0.15) is 0 Å². The molecule has 2 aromatic carbocycles. The Morgan fingerprint density at radius 3 is 2.50 bits per heavy atom. The van der Waals surface area contributed by atoms with Crippen molar-refractivity contribution in [1.82, 2.24) is 20.4 Å². The van der Waals surface area contributed by atoms with Crippen molar-refractivity contribution in [3.63, 3.8) is 0 Å². The van der Waals surface area contributed by atoms with Crippen LogP contribution in [0.5, 0.6) is 0 Å². The van der Waals surface area contributed by atoms with Crippen LogP contribution in [0.3, 0.4) is 0 Å². The number of aromatic nitrogens is 3. The van der Waals surface area contributed by atoms with Gasteiger partial charge in [0.15, 0.2) is 27.1 Å². The van der Waals surface area contributed by atoms with Gasteiger partial charge in [0.05, 0.1) is 28.6 Å². The van der Waals surface area contributed by atoms with Crippen molar-refractivity contribution in [2.45, 2.75) is 36.1 Å². The minimum atomic E-state index is -3.45. The molecular formula is C27H28FN5O4S. The number of nitrogens with zero attached hydrogens (tertiary/aromatic N) is 3. The summed E-state index contributed by atoms with van der Waals surface area (Å²) in [5, 5.41) is 6.75. The Morgan fingerprint density at radius 1 is 1.11 bits per heavy atom. The molecule has 1 saturated heterocycles. The van der Waals surface area contributed by atoms with Gasteiger partial charge in [0.1, 0.15) is 12.4 Å². The molecule has 198 valence electrons. The summed E-state index contributed by atoms with van der Waals surface area (Å²) in [7, 11) is -3.45. The van der Waals surface area contributed by atoms with Gasteiger partial charge in [0.2, 0.25) is 0 Å². The lowest BCUT2D eigenvalue weighted by Crippen LogP contribution is -2.27. The van der Waals surface area contributed by atoms with E-state index in [2.05, 4.69) is 20.4 Å². The number of anilines is 1. The van der Waals surface area contributed by atoms with Crippen molar-refractivity contribution < 1.29 is 22.1 Å². The fraction of sp³-hybridized carbons (Fsp3) is 0.296. The summed E-state index contributed by atoms with van der Waals surface area (Å²) in [4.78, 5) is 9.13. The zero-order valence-corrected chi connectivity index (χ0v) is 21.6. The van der Waals surface area contributed by atoms with E-state index < -0.39 is 21.8 Å². The second-order valence-corrected chi connectivity index (χ2v) is 11.5. The van der Waals surface area contributed by atoms with E-state index in [1.807, 2.05) is 24.3 Å². The minimum Gasteiger partial charge on any atom is -0.382 e. The van der Waals surface area contributed by atoms with Gasteiger partial charge in [0.25, 0.3) is 0 Å². The lowest BCUT2D eigenvalue weighted by molar-refractivity contribution is 0.198. The van der Waals surface area contributed by atoms with Crippen LogP contribution in [0.1, 0.15) is 18.9 Å². The van der Waals surface area contributed by atoms with Crippen molar-refractivity contribution in [3.05, 3.63) is 66.4 Å². The number of hydrogen-bond acceptors (Lipinski definition) is 9. The van der Waals surface area contributed by atoms with E-state index in [0.717, 1.165) is 11.1 Å². The highest BCUT2D eigenvalue weighted by atomic mass is 32.2. The molecular weight excluding hydrogens is 509 g/mol. The first-order valence-corrected chi connectivity index (χ1v) is 13.8. The van der Waals surface area contributed by atoms with E-state index in [-0.39, 0.29) is 23.4 Å². The summed E-state index contributed by atoms with van der Waals surface area (Å²) in [5.41, 5.74) is 10.1. The average molecular weight is 538 g/mol. The van der Waals surface area contributed by atoms with Crippen LogP contribution in [0.4, 0.5) is 10.2 Å². The number of sulfone groups is 1. The number of rotatable bonds is 9. The molecule has 3 heterocycles. The first kappa shape index (κ1) is 26.0. The molecule has 0 bridgehead atoms. The van der Waals surface area contributed by atoms with Crippen LogP contribution in [0, 0.1) is 0 Å². The third-order valence-electron chi connectivity index (χ3n) is 6.49. The van der Waals surface area contributed by atoms with E-state index in [1.54, 1.807) is 37.3 Å². The first-order valence-electron chi connectivity index (χ1n) is 12.3. The van der Waals surface area contributed by atoms with E-state index in [0.29, 0.717) is 48.0 Å². The molecule has 11 heteroatoms. The van der Waals surface area contributed by atoms with E-state index in [4.69, 9.17) is 15.0 Å². The molecule has 5 rings (SSSR count). The largest absolute Gasteiger partial charge is 0.382 e. The van der Waals surface area contributed by atoms with Crippen LogP contribution < -0.4 is 11.1 Å². The fourth-order valence-corrected chi connectivity index (χ4v) is 5.73. The van der Waals surface area contributed by atoms with Crippen LogP contribution in [-0.2, 0) is 21.1 Å². The van der Waals surface area contributed by atoms with Crippen LogP contribution in [0.15, 0.2) is 70.2 Å². The van der Waals surface area contributed by atoms with Crippen molar-refractivity contribution in [2.24, 2.45) is 0 Å². The number of alkyl halides is 1. The van der Waals surface area contributed by atoms with Gasteiger partial charge in [-0.05, 0) is 31.0 Å². The van der Waals surface area contributed by atoms with Gasteiger partial charge in [-0.1, -0.05) is 41.6 Å². The van der Waals surface area contributed by atoms with Crippen LogP contribution >= 0.6 is 0 Å². The number of nitrogen functional groups attached to an aromatic ring is 1. The predicted octanol–water partition coefficient (Wildman–Crippen LogP) is 4.06. The zero-order chi connectivity index (χ0) is 26.7. The Morgan fingerprint density at radius 2 is 1.82 bits per heavy atom. The normalized spacial score (nSPS) is 16.5. The fourth-order valence-electron chi connectivity index (χ4n) is 4.15. The summed E-state index contributed by atoms with van der Waals surface area (Å²) in [6, 6.07) is 15.8. The van der Waals surface area contributed by atoms with Crippen LogP contribution in [0.2, 0.25) is 0 Å². The summed E-state index contributed by atoms with van der Waals surface area (Å²) in [6.45, 7) is 2.62. The Bertz CT molecular complexity index is 1500. The maximum atomic E-state index is 12.8. The lowest BCUT2D eigenvalue weighted by Gasteiger charge is -2.10. The summed E-state index contributed by atoms with van der Waals surface area (Å²) in [5.74, 6) is 0.537. The molecule has 0 saturated carbocycles. The third kappa shape index (κ3) is 5.45. The highest BCUT2D eigenvalue weighted by molar-refractivity contribution is 7.92. The lowest BCUT2D eigenvalue weighted by atomic mass is 10.1. The molecule has 9 nitrogen and oxygen atoms in total. The van der Waals surface area contributed by atoms with Gasteiger partial charge in [-0.15, -0.1) is 0 Å².